The monoisotopic (exact) mass is 311 g/mol. The van der Waals surface area contributed by atoms with E-state index < -0.39 is 0 Å². The van der Waals surface area contributed by atoms with Crippen LogP contribution in [0.4, 0.5) is 0 Å². The van der Waals surface area contributed by atoms with E-state index in [2.05, 4.69) is 9.88 Å². The molecule has 1 saturated heterocycles. The largest absolute Gasteiger partial charge is 0.507 e. The van der Waals surface area contributed by atoms with Gasteiger partial charge in [-0.2, -0.15) is 0 Å². The lowest BCUT2D eigenvalue weighted by atomic mass is 10.1. The van der Waals surface area contributed by atoms with Crippen molar-refractivity contribution in [2.24, 2.45) is 0 Å². The molecule has 0 spiro atoms. The van der Waals surface area contributed by atoms with E-state index in [0.29, 0.717) is 18.7 Å². The molecule has 1 amide bonds. The molecule has 1 fully saturated rings. The third-order valence-electron chi connectivity index (χ3n) is 4.20. The van der Waals surface area contributed by atoms with Gasteiger partial charge in [-0.15, -0.1) is 0 Å². The number of nitrogens with zero attached hydrogens (tertiary/aromatic N) is 3. The quantitative estimate of drug-likeness (QED) is 0.942. The van der Waals surface area contributed by atoms with Crippen molar-refractivity contribution < 1.29 is 9.90 Å². The molecule has 23 heavy (non-hydrogen) atoms. The second-order valence-corrected chi connectivity index (χ2v) is 5.94. The minimum atomic E-state index is -0.0882. The Morgan fingerprint density at radius 1 is 1.13 bits per heavy atom. The standard InChI is InChI=1S/C18H21N3O2/c1-14-2-3-17(22)16(12-14)18(23)21-10-8-20(9-11-21)13-15-4-6-19-7-5-15/h2-7,12,22H,8-11,13H2,1H3. The fourth-order valence-corrected chi connectivity index (χ4v) is 2.85. The lowest BCUT2D eigenvalue weighted by molar-refractivity contribution is 0.0625. The molecule has 3 rings (SSSR count). The minimum absolute atomic E-state index is 0.0554. The van der Waals surface area contributed by atoms with Crippen LogP contribution in [-0.4, -0.2) is 52.0 Å². The summed E-state index contributed by atoms with van der Waals surface area (Å²) in [6, 6.07) is 9.17. The summed E-state index contributed by atoms with van der Waals surface area (Å²) in [5.41, 5.74) is 2.60. The van der Waals surface area contributed by atoms with Gasteiger partial charge in [0.25, 0.3) is 5.91 Å². The molecule has 0 unspecified atom stereocenters. The number of piperazine rings is 1. The Hall–Kier alpha value is -2.40. The normalized spacial score (nSPS) is 15.6. The number of carbonyl (C=O) groups excluding carboxylic acids is 1. The van der Waals surface area contributed by atoms with Crippen LogP contribution in [0.25, 0.3) is 0 Å². The summed E-state index contributed by atoms with van der Waals surface area (Å²) in [6.07, 6.45) is 3.60. The molecule has 120 valence electrons. The van der Waals surface area contributed by atoms with E-state index >= 15 is 0 Å². The zero-order valence-corrected chi connectivity index (χ0v) is 13.3. The Bertz CT molecular complexity index is 680. The van der Waals surface area contributed by atoms with Crippen molar-refractivity contribution >= 4 is 5.91 Å². The van der Waals surface area contributed by atoms with Gasteiger partial charge in [-0.05, 0) is 36.8 Å². The highest BCUT2D eigenvalue weighted by atomic mass is 16.3. The molecule has 2 aromatic rings. The van der Waals surface area contributed by atoms with Gasteiger partial charge in [0.2, 0.25) is 0 Å². The molecule has 1 aliphatic rings. The van der Waals surface area contributed by atoms with E-state index in [1.807, 2.05) is 24.0 Å². The number of rotatable bonds is 3. The van der Waals surface area contributed by atoms with Crippen molar-refractivity contribution in [2.45, 2.75) is 13.5 Å². The fourth-order valence-electron chi connectivity index (χ4n) is 2.85. The number of carbonyl (C=O) groups is 1. The van der Waals surface area contributed by atoms with Gasteiger partial charge < -0.3 is 10.0 Å². The number of amides is 1. The SMILES string of the molecule is Cc1ccc(O)c(C(=O)N2CCN(Cc3ccncc3)CC2)c1. The molecule has 1 aromatic carbocycles. The van der Waals surface area contributed by atoms with Crippen molar-refractivity contribution in [1.29, 1.82) is 0 Å². The molecule has 1 N–H and O–H groups in total. The highest BCUT2D eigenvalue weighted by Crippen LogP contribution is 2.21. The van der Waals surface area contributed by atoms with Gasteiger partial charge in [0.05, 0.1) is 5.56 Å². The predicted octanol–water partition coefficient (Wildman–Crippen LogP) is 2.05. The third kappa shape index (κ3) is 3.68. The summed E-state index contributed by atoms with van der Waals surface area (Å²) in [4.78, 5) is 20.8. The Labute approximate surface area is 136 Å². The van der Waals surface area contributed by atoms with Gasteiger partial charge in [0, 0.05) is 45.1 Å². The summed E-state index contributed by atoms with van der Waals surface area (Å²) in [5.74, 6) is -0.0328. The lowest BCUT2D eigenvalue weighted by Gasteiger charge is -2.34. The van der Waals surface area contributed by atoms with Crippen molar-refractivity contribution in [3.63, 3.8) is 0 Å². The second-order valence-electron chi connectivity index (χ2n) is 5.94. The molecule has 0 radical (unpaired) electrons. The number of hydrogen-bond donors (Lipinski definition) is 1. The molecule has 0 bridgehead atoms. The summed E-state index contributed by atoms with van der Waals surface area (Å²) in [7, 11) is 0. The minimum Gasteiger partial charge on any atom is -0.507 e. The van der Waals surface area contributed by atoms with Crippen LogP contribution in [0, 0.1) is 6.92 Å². The van der Waals surface area contributed by atoms with E-state index in [-0.39, 0.29) is 11.7 Å². The predicted molar refractivity (Wildman–Crippen MR) is 88.3 cm³/mol. The average Bonchev–Trinajstić information content (AvgIpc) is 2.58. The smallest absolute Gasteiger partial charge is 0.257 e. The molecular weight excluding hydrogens is 290 g/mol. The number of pyridine rings is 1. The first kappa shape index (κ1) is 15.5. The van der Waals surface area contributed by atoms with Gasteiger partial charge in [0.15, 0.2) is 0 Å². The van der Waals surface area contributed by atoms with Crippen LogP contribution in [0.2, 0.25) is 0 Å². The first-order valence-electron chi connectivity index (χ1n) is 7.83. The fraction of sp³-hybridized carbons (Fsp3) is 0.333. The molecular formula is C18H21N3O2. The number of aryl methyl sites for hydroxylation is 1. The van der Waals surface area contributed by atoms with Crippen LogP contribution >= 0.6 is 0 Å². The number of aromatic nitrogens is 1. The van der Waals surface area contributed by atoms with Crippen molar-refractivity contribution in [3.8, 4) is 5.75 Å². The molecule has 0 saturated carbocycles. The van der Waals surface area contributed by atoms with E-state index in [1.165, 1.54) is 5.56 Å². The first-order valence-corrected chi connectivity index (χ1v) is 7.83. The van der Waals surface area contributed by atoms with Gasteiger partial charge in [-0.25, -0.2) is 0 Å². The van der Waals surface area contributed by atoms with Crippen LogP contribution in [0.15, 0.2) is 42.7 Å². The zero-order valence-electron chi connectivity index (χ0n) is 13.3. The molecule has 1 aromatic heterocycles. The highest BCUT2D eigenvalue weighted by Gasteiger charge is 2.23. The maximum Gasteiger partial charge on any atom is 0.257 e. The number of phenolic OH excluding ortho intramolecular Hbond substituents is 1. The van der Waals surface area contributed by atoms with Crippen molar-refractivity contribution in [3.05, 3.63) is 59.4 Å². The second kappa shape index (κ2) is 6.79. The van der Waals surface area contributed by atoms with E-state index in [0.717, 1.165) is 25.2 Å². The Balaban J connectivity index is 1.60. The maximum absolute atomic E-state index is 12.6. The van der Waals surface area contributed by atoms with Gasteiger partial charge in [0.1, 0.15) is 5.75 Å². The van der Waals surface area contributed by atoms with E-state index in [1.54, 1.807) is 30.6 Å². The van der Waals surface area contributed by atoms with Crippen LogP contribution in [0.3, 0.4) is 0 Å². The van der Waals surface area contributed by atoms with E-state index in [4.69, 9.17) is 0 Å². The molecule has 0 aliphatic carbocycles. The van der Waals surface area contributed by atoms with Crippen LogP contribution < -0.4 is 0 Å². The maximum atomic E-state index is 12.6. The number of aromatic hydroxyl groups is 1. The summed E-state index contributed by atoms with van der Waals surface area (Å²) < 4.78 is 0. The Morgan fingerprint density at radius 2 is 1.83 bits per heavy atom. The number of phenols is 1. The molecule has 5 nitrogen and oxygen atoms in total. The topological polar surface area (TPSA) is 56.7 Å². The molecule has 2 heterocycles. The van der Waals surface area contributed by atoms with E-state index in [9.17, 15) is 9.90 Å². The van der Waals surface area contributed by atoms with Gasteiger partial charge in [-0.1, -0.05) is 11.6 Å². The molecule has 0 atom stereocenters. The summed E-state index contributed by atoms with van der Waals surface area (Å²) in [6.45, 7) is 5.82. The first-order chi connectivity index (χ1) is 11.1. The Morgan fingerprint density at radius 3 is 2.52 bits per heavy atom. The van der Waals surface area contributed by atoms with Crippen LogP contribution in [0.1, 0.15) is 21.5 Å². The average molecular weight is 311 g/mol. The van der Waals surface area contributed by atoms with Crippen LogP contribution in [0.5, 0.6) is 5.75 Å². The van der Waals surface area contributed by atoms with Gasteiger partial charge >= 0.3 is 0 Å². The summed E-state index contributed by atoms with van der Waals surface area (Å²) >= 11 is 0. The summed E-state index contributed by atoms with van der Waals surface area (Å²) in [5, 5.41) is 9.92. The van der Waals surface area contributed by atoms with Crippen molar-refractivity contribution in [2.75, 3.05) is 26.2 Å². The lowest BCUT2D eigenvalue weighted by Crippen LogP contribution is -2.48. The third-order valence-corrected chi connectivity index (χ3v) is 4.20. The Kier molecular flexibility index (Phi) is 4.57. The highest BCUT2D eigenvalue weighted by molar-refractivity contribution is 5.97. The van der Waals surface area contributed by atoms with Crippen LogP contribution in [-0.2, 0) is 6.54 Å². The number of hydrogen-bond acceptors (Lipinski definition) is 4. The zero-order chi connectivity index (χ0) is 16.2. The van der Waals surface area contributed by atoms with Gasteiger partial charge in [-0.3, -0.25) is 14.7 Å². The molecule has 1 aliphatic heterocycles. The van der Waals surface area contributed by atoms with Crippen molar-refractivity contribution in [1.82, 2.24) is 14.8 Å². The number of benzene rings is 1. The molecule has 5 heteroatoms.